The van der Waals surface area contributed by atoms with Crippen LogP contribution in [0, 0.1) is 0 Å². The molecule has 2 unspecified atom stereocenters. The summed E-state index contributed by atoms with van der Waals surface area (Å²) in [6, 6.07) is -0.174. The van der Waals surface area contributed by atoms with E-state index in [0.29, 0.717) is 5.37 Å². The minimum absolute atomic E-state index is 0.0617. The zero-order valence-corrected chi connectivity index (χ0v) is 9.40. The van der Waals surface area contributed by atoms with E-state index in [1.54, 1.807) is 0 Å². The SMILES string of the molecule is CCC1NC(C(=O)OC)C(C)(C)S1. The summed E-state index contributed by atoms with van der Waals surface area (Å²) in [5.41, 5.74) is 0. The molecule has 0 aromatic heterocycles. The molecule has 3 nitrogen and oxygen atoms in total. The summed E-state index contributed by atoms with van der Waals surface area (Å²) in [7, 11) is 1.43. The lowest BCUT2D eigenvalue weighted by Gasteiger charge is -2.22. The van der Waals surface area contributed by atoms with Gasteiger partial charge in [0.1, 0.15) is 6.04 Å². The van der Waals surface area contributed by atoms with Gasteiger partial charge in [0.25, 0.3) is 0 Å². The largest absolute Gasteiger partial charge is 0.468 e. The standard InChI is InChI=1S/C9H17NO2S/c1-5-6-10-7(8(11)12-4)9(2,3)13-6/h6-7,10H,5H2,1-4H3. The molecule has 2 atom stereocenters. The number of ether oxygens (including phenoxy) is 1. The van der Waals surface area contributed by atoms with Gasteiger partial charge in [0.2, 0.25) is 0 Å². The van der Waals surface area contributed by atoms with Crippen molar-refractivity contribution in [1.82, 2.24) is 5.32 Å². The maximum absolute atomic E-state index is 11.4. The minimum Gasteiger partial charge on any atom is -0.468 e. The Hall–Kier alpha value is -0.220. The molecule has 0 saturated carbocycles. The predicted molar refractivity (Wildman–Crippen MR) is 54.7 cm³/mol. The molecule has 1 N–H and O–H groups in total. The van der Waals surface area contributed by atoms with Gasteiger partial charge in [0.15, 0.2) is 0 Å². The van der Waals surface area contributed by atoms with Gasteiger partial charge in [-0.3, -0.25) is 10.1 Å². The van der Waals surface area contributed by atoms with Crippen molar-refractivity contribution in [1.29, 1.82) is 0 Å². The number of methoxy groups -OCH3 is 1. The highest BCUT2D eigenvalue weighted by molar-refractivity contribution is 8.01. The summed E-state index contributed by atoms with van der Waals surface area (Å²) >= 11 is 1.81. The molecule has 0 amide bonds. The van der Waals surface area contributed by atoms with Crippen LogP contribution >= 0.6 is 11.8 Å². The van der Waals surface area contributed by atoms with Gasteiger partial charge in [-0.05, 0) is 20.3 Å². The smallest absolute Gasteiger partial charge is 0.324 e. The Labute approximate surface area is 83.6 Å². The Morgan fingerprint density at radius 1 is 1.62 bits per heavy atom. The van der Waals surface area contributed by atoms with Crippen molar-refractivity contribution in [3.63, 3.8) is 0 Å². The van der Waals surface area contributed by atoms with Crippen LogP contribution in [0.15, 0.2) is 0 Å². The number of carbonyl (C=O) groups excluding carboxylic acids is 1. The fraction of sp³-hybridized carbons (Fsp3) is 0.889. The zero-order valence-electron chi connectivity index (χ0n) is 8.59. The lowest BCUT2D eigenvalue weighted by atomic mass is 10.0. The molecular weight excluding hydrogens is 186 g/mol. The highest BCUT2D eigenvalue weighted by Gasteiger charge is 2.44. The number of hydrogen-bond donors (Lipinski definition) is 1. The Morgan fingerprint density at radius 3 is 2.62 bits per heavy atom. The molecular formula is C9H17NO2S. The van der Waals surface area contributed by atoms with E-state index in [0.717, 1.165) is 6.42 Å². The third-order valence-electron chi connectivity index (χ3n) is 2.30. The van der Waals surface area contributed by atoms with Crippen LogP contribution in [0.4, 0.5) is 0 Å². The zero-order chi connectivity index (χ0) is 10.1. The topological polar surface area (TPSA) is 38.3 Å². The molecule has 4 heteroatoms. The van der Waals surface area contributed by atoms with Gasteiger partial charge in [0, 0.05) is 4.75 Å². The van der Waals surface area contributed by atoms with Gasteiger partial charge in [-0.1, -0.05) is 6.92 Å². The van der Waals surface area contributed by atoms with E-state index < -0.39 is 0 Å². The third kappa shape index (κ3) is 2.17. The molecule has 1 heterocycles. The van der Waals surface area contributed by atoms with Gasteiger partial charge in [-0.2, -0.15) is 0 Å². The number of rotatable bonds is 2. The summed E-state index contributed by atoms with van der Waals surface area (Å²) in [4.78, 5) is 11.4. The number of thioether (sulfide) groups is 1. The van der Waals surface area contributed by atoms with Crippen molar-refractivity contribution >= 4 is 17.7 Å². The Morgan fingerprint density at radius 2 is 2.23 bits per heavy atom. The van der Waals surface area contributed by atoms with Gasteiger partial charge in [-0.15, -0.1) is 11.8 Å². The summed E-state index contributed by atoms with van der Waals surface area (Å²) in [5, 5.41) is 3.64. The summed E-state index contributed by atoms with van der Waals surface area (Å²) in [6.07, 6.45) is 1.03. The Kier molecular flexibility index (Phi) is 3.24. The number of hydrogen-bond acceptors (Lipinski definition) is 4. The predicted octanol–water partition coefficient (Wildman–Crippen LogP) is 1.38. The first-order valence-electron chi connectivity index (χ1n) is 4.53. The first kappa shape index (κ1) is 10.9. The van der Waals surface area contributed by atoms with Crippen molar-refractivity contribution in [2.75, 3.05) is 7.11 Å². The Balaban J connectivity index is 2.69. The van der Waals surface area contributed by atoms with Crippen molar-refractivity contribution < 1.29 is 9.53 Å². The first-order valence-corrected chi connectivity index (χ1v) is 5.41. The van der Waals surface area contributed by atoms with Crippen LogP contribution in [-0.2, 0) is 9.53 Å². The molecule has 1 rings (SSSR count). The normalized spacial score (nSPS) is 31.7. The lowest BCUT2D eigenvalue weighted by Crippen LogP contribution is -2.45. The molecule has 1 saturated heterocycles. The second-order valence-corrected chi connectivity index (χ2v) is 5.60. The third-order valence-corrected chi connectivity index (χ3v) is 3.90. The number of esters is 1. The lowest BCUT2D eigenvalue weighted by molar-refractivity contribution is -0.143. The average Bonchev–Trinajstić information content (AvgIpc) is 2.39. The highest BCUT2D eigenvalue weighted by Crippen LogP contribution is 2.39. The minimum atomic E-state index is -0.174. The second-order valence-electron chi connectivity index (χ2n) is 3.74. The van der Waals surface area contributed by atoms with Crippen LogP contribution in [0.3, 0.4) is 0 Å². The van der Waals surface area contributed by atoms with Crippen LogP contribution < -0.4 is 5.32 Å². The van der Waals surface area contributed by atoms with Crippen LogP contribution in [0.1, 0.15) is 27.2 Å². The van der Waals surface area contributed by atoms with Crippen LogP contribution in [0.2, 0.25) is 0 Å². The van der Waals surface area contributed by atoms with Crippen LogP contribution in [-0.4, -0.2) is 29.2 Å². The molecule has 0 aromatic rings. The van der Waals surface area contributed by atoms with Crippen molar-refractivity contribution in [2.24, 2.45) is 0 Å². The van der Waals surface area contributed by atoms with Gasteiger partial charge >= 0.3 is 5.97 Å². The number of nitrogens with one attached hydrogen (secondary N) is 1. The maximum atomic E-state index is 11.4. The monoisotopic (exact) mass is 203 g/mol. The molecule has 0 aliphatic carbocycles. The molecule has 13 heavy (non-hydrogen) atoms. The maximum Gasteiger partial charge on any atom is 0.324 e. The van der Waals surface area contributed by atoms with Gasteiger partial charge in [0.05, 0.1) is 12.5 Å². The fourth-order valence-corrected chi connectivity index (χ4v) is 2.93. The van der Waals surface area contributed by atoms with Crippen LogP contribution in [0.5, 0.6) is 0 Å². The van der Waals surface area contributed by atoms with E-state index >= 15 is 0 Å². The summed E-state index contributed by atoms with van der Waals surface area (Å²) in [6.45, 7) is 6.25. The summed E-state index contributed by atoms with van der Waals surface area (Å²) < 4.78 is 4.69. The molecule has 0 radical (unpaired) electrons. The molecule has 1 aliphatic rings. The summed E-state index contributed by atoms with van der Waals surface area (Å²) in [5.74, 6) is -0.159. The van der Waals surface area contributed by atoms with Crippen LogP contribution in [0.25, 0.3) is 0 Å². The molecule has 0 aromatic carbocycles. The van der Waals surface area contributed by atoms with Crippen molar-refractivity contribution in [3.05, 3.63) is 0 Å². The van der Waals surface area contributed by atoms with Gasteiger partial charge < -0.3 is 4.74 Å². The first-order chi connectivity index (χ1) is 6.01. The van der Waals surface area contributed by atoms with E-state index in [9.17, 15) is 4.79 Å². The van der Waals surface area contributed by atoms with E-state index in [-0.39, 0.29) is 16.8 Å². The second kappa shape index (κ2) is 3.88. The quantitative estimate of drug-likeness (QED) is 0.688. The van der Waals surface area contributed by atoms with Crippen molar-refractivity contribution in [2.45, 2.75) is 43.4 Å². The van der Waals surface area contributed by atoms with E-state index in [1.807, 2.05) is 11.8 Å². The number of carbonyl (C=O) groups is 1. The van der Waals surface area contributed by atoms with Gasteiger partial charge in [-0.25, -0.2) is 0 Å². The molecule has 0 bridgehead atoms. The molecule has 1 aliphatic heterocycles. The van der Waals surface area contributed by atoms with E-state index in [1.165, 1.54) is 7.11 Å². The Bertz CT molecular complexity index is 206. The van der Waals surface area contributed by atoms with E-state index in [4.69, 9.17) is 4.74 Å². The molecule has 76 valence electrons. The fourth-order valence-electron chi connectivity index (χ4n) is 1.53. The molecule has 1 fully saturated rings. The van der Waals surface area contributed by atoms with Crippen molar-refractivity contribution in [3.8, 4) is 0 Å². The molecule has 0 spiro atoms. The highest BCUT2D eigenvalue weighted by atomic mass is 32.2. The van der Waals surface area contributed by atoms with E-state index in [2.05, 4.69) is 26.1 Å². The average molecular weight is 203 g/mol.